The van der Waals surface area contributed by atoms with E-state index in [0.29, 0.717) is 31.1 Å². The Morgan fingerprint density at radius 3 is 2.95 bits per heavy atom. The monoisotopic (exact) mass is 294 g/mol. The van der Waals surface area contributed by atoms with Crippen molar-refractivity contribution in [1.29, 1.82) is 0 Å². The fourth-order valence-electron chi connectivity index (χ4n) is 2.41. The van der Waals surface area contributed by atoms with Crippen molar-refractivity contribution in [3.8, 4) is 5.75 Å². The van der Waals surface area contributed by atoms with Gasteiger partial charge in [-0.2, -0.15) is 0 Å². The Balaban J connectivity index is 2.45. The quantitative estimate of drug-likeness (QED) is 0.605. The van der Waals surface area contributed by atoms with Gasteiger partial charge in [0.25, 0.3) is 5.69 Å². The minimum atomic E-state index is -0.491. The SMILES string of the molecule is CNC(=O)C1CNCCN1c1cc(OC)ccc1[N+](=O)[O-]. The summed E-state index contributed by atoms with van der Waals surface area (Å²) < 4.78 is 5.14. The van der Waals surface area contributed by atoms with Gasteiger partial charge >= 0.3 is 0 Å². The largest absolute Gasteiger partial charge is 0.497 e. The first-order valence-electron chi connectivity index (χ1n) is 6.60. The maximum Gasteiger partial charge on any atom is 0.292 e. The number of carbonyl (C=O) groups excluding carboxylic acids is 1. The molecule has 1 aromatic carbocycles. The van der Waals surface area contributed by atoms with Gasteiger partial charge in [-0.25, -0.2) is 0 Å². The van der Waals surface area contributed by atoms with Crippen molar-refractivity contribution in [2.24, 2.45) is 0 Å². The van der Waals surface area contributed by atoms with Gasteiger partial charge in [0.1, 0.15) is 17.5 Å². The van der Waals surface area contributed by atoms with Gasteiger partial charge < -0.3 is 20.3 Å². The number of methoxy groups -OCH3 is 1. The van der Waals surface area contributed by atoms with Gasteiger partial charge in [0.2, 0.25) is 5.91 Å². The maximum atomic E-state index is 12.0. The van der Waals surface area contributed by atoms with Crippen molar-refractivity contribution in [3.05, 3.63) is 28.3 Å². The molecule has 0 aromatic heterocycles. The Bertz CT molecular complexity index is 549. The van der Waals surface area contributed by atoms with Gasteiger partial charge in [-0.15, -0.1) is 0 Å². The first-order valence-corrected chi connectivity index (χ1v) is 6.60. The summed E-state index contributed by atoms with van der Waals surface area (Å²) in [7, 11) is 3.05. The zero-order valence-electron chi connectivity index (χ0n) is 12.0. The Hall–Kier alpha value is -2.35. The number of hydrogen-bond acceptors (Lipinski definition) is 6. The maximum absolute atomic E-state index is 12.0. The number of piperazine rings is 1. The third-order valence-electron chi connectivity index (χ3n) is 3.48. The molecule has 2 rings (SSSR count). The van der Waals surface area contributed by atoms with E-state index in [1.165, 1.54) is 13.2 Å². The molecule has 8 nitrogen and oxygen atoms in total. The number of anilines is 1. The van der Waals surface area contributed by atoms with Crippen molar-refractivity contribution in [2.75, 3.05) is 38.7 Å². The van der Waals surface area contributed by atoms with Crippen LogP contribution in [0, 0.1) is 10.1 Å². The molecular weight excluding hydrogens is 276 g/mol. The molecule has 21 heavy (non-hydrogen) atoms. The Morgan fingerprint density at radius 1 is 1.57 bits per heavy atom. The van der Waals surface area contributed by atoms with Crippen molar-refractivity contribution in [1.82, 2.24) is 10.6 Å². The fraction of sp³-hybridized carbons (Fsp3) is 0.462. The smallest absolute Gasteiger partial charge is 0.292 e. The van der Waals surface area contributed by atoms with Crippen LogP contribution >= 0.6 is 0 Å². The van der Waals surface area contributed by atoms with Crippen LogP contribution in [0.3, 0.4) is 0 Å². The van der Waals surface area contributed by atoms with Crippen molar-refractivity contribution >= 4 is 17.3 Å². The molecule has 1 aliphatic heterocycles. The highest BCUT2D eigenvalue weighted by molar-refractivity contribution is 5.86. The molecule has 0 saturated carbocycles. The molecule has 0 spiro atoms. The van der Waals surface area contributed by atoms with Crippen molar-refractivity contribution in [2.45, 2.75) is 6.04 Å². The lowest BCUT2D eigenvalue weighted by atomic mass is 10.1. The molecular formula is C13H18N4O4. The lowest BCUT2D eigenvalue weighted by Gasteiger charge is -2.36. The van der Waals surface area contributed by atoms with Crippen LogP contribution in [0.5, 0.6) is 5.75 Å². The average molecular weight is 294 g/mol. The van der Waals surface area contributed by atoms with Gasteiger partial charge in [0, 0.05) is 38.8 Å². The molecule has 0 bridgehead atoms. The summed E-state index contributed by atoms with van der Waals surface area (Å²) in [6, 6.07) is 4.05. The Kier molecular flexibility index (Phi) is 4.59. The number of nitro groups is 1. The van der Waals surface area contributed by atoms with Gasteiger partial charge in [0.05, 0.1) is 12.0 Å². The molecule has 114 valence electrons. The number of benzene rings is 1. The Morgan fingerprint density at radius 2 is 2.33 bits per heavy atom. The highest BCUT2D eigenvalue weighted by atomic mass is 16.6. The topological polar surface area (TPSA) is 96.7 Å². The summed E-state index contributed by atoms with van der Waals surface area (Å²) in [5.74, 6) is 0.337. The third-order valence-corrected chi connectivity index (χ3v) is 3.48. The number of nitrogens with one attached hydrogen (secondary N) is 2. The Labute approximate surface area is 122 Å². The highest BCUT2D eigenvalue weighted by Crippen LogP contribution is 2.33. The van der Waals surface area contributed by atoms with Crippen LogP contribution in [-0.4, -0.2) is 50.7 Å². The normalized spacial score (nSPS) is 18.2. The zero-order chi connectivity index (χ0) is 15.4. The first kappa shape index (κ1) is 15.0. The van der Waals surface area contributed by atoms with Crippen LogP contribution in [0.15, 0.2) is 18.2 Å². The molecule has 2 N–H and O–H groups in total. The zero-order valence-corrected chi connectivity index (χ0v) is 12.0. The van der Waals surface area contributed by atoms with Crippen molar-refractivity contribution in [3.63, 3.8) is 0 Å². The first-order chi connectivity index (χ1) is 10.1. The van der Waals surface area contributed by atoms with Gasteiger partial charge in [-0.3, -0.25) is 14.9 Å². The number of rotatable bonds is 4. The van der Waals surface area contributed by atoms with E-state index in [2.05, 4.69) is 10.6 Å². The van der Waals surface area contributed by atoms with Crippen LogP contribution in [-0.2, 0) is 4.79 Å². The van der Waals surface area contributed by atoms with Crippen LogP contribution in [0.2, 0.25) is 0 Å². The second-order valence-corrected chi connectivity index (χ2v) is 4.64. The van der Waals surface area contributed by atoms with E-state index in [1.807, 2.05) is 0 Å². The van der Waals surface area contributed by atoms with Crippen LogP contribution < -0.4 is 20.3 Å². The average Bonchev–Trinajstić information content (AvgIpc) is 2.53. The number of nitro benzene ring substituents is 1. The van der Waals surface area contributed by atoms with Crippen LogP contribution in [0.4, 0.5) is 11.4 Å². The molecule has 1 unspecified atom stereocenters. The minimum absolute atomic E-state index is 0.0356. The summed E-state index contributed by atoms with van der Waals surface area (Å²) in [5, 5.41) is 16.9. The molecule has 1 amide bonds. The summed E-state index contributed by atoms with van der Waals surface area (Å²) in [5.41, 5.74) is 0.362. The third kappa shape index (κ3) is 3.05. The van der Waals surface area contributed by atoms with Crippen molar-refractivity contribution < 1.29 is 14.5 Å². The summed E-state index contributed by atoms with van der Waals surface area (Å²) in [6.07, 6.45) is 0. The molecule has 0 aliphatic carbocycles. The molecule has 1 saturated heterocycles. The van der Waals surface area contributed by atoms with Gasteiger partial charge in [-0.1, -0.05) is 0 Å². The summed E-state index contributed by atoms with van der Waals surface area (Å²) in [4.78, 5) is 24.5. The predicted molar refractivity (Wildman–Crippen MR) is 77.7 cm³/mol. The van der Waals surface area contributed by atoms with Gasteiger partial charge in [-0.05, 0) is 6.07 Å². The lowest BCUT2D eigenvalue weighted by molar-refractivity contribution is -0.384. The van der Waals surface area contributed by atoms with E-state index < -0.39 is 11.0 Å². The van der Waals surface area contributed by atoms with Crippen LogP contribution in [0.25, 0.3) is 0 Å². The second kappa shape index (κ2) is 6.40. The number of likely N-dealkylation sites (N-methyl/N-ethyl adjacent to an activating group) is 1. The molecule has 1 aromatic rings. The van der Waals surface area contributed by atoms with E-state index in [4.69, 9.17) is 4.74 Å². The van der Waals surface area contributed by atoms with E-state index in [-0.39, 0.29) is 11.6 Å². The van der Waals surface area contributed by atoms with E-state index >= 15 is 0 Å². The molecule has 1 aliphatic rings. The number of carbonyl (C=O) groups is 1. The van der Waals surface area contributed by atoms with Crippen LogP contribution in [0.1, 0.15) is 0 Å². The molecule has 8 heteroatoms. The van der Waals surface area contributed by atoms with E-state index in [0.717, 1.165) is 0 Å². The predicted octanol–water partition coefficient (Wildman–Crippen LogP) is 0.128. The minimum Gasteiger partial charge on any atom is -0.497 e. The molecule has 1 heterocycles. The van der Waals surface area contributed by atoms with Gasteiger partial charge in [0.15, 0.2) is 0 Å². The fourth-order valence-corrected chi connectivity index (χ4v) is 2.41. The summed E-state index contributed by atoms with van der Waals surface area (Å²) in [6.45, 7) is 1.60. The molecule has 1 atom stereocenters. The van der Waals surface area contributed by atoms with E-state index in [9.17, 15) is 14.9 Å². The summed E-state index contributed by atoms with van der Waals surface area (Å²) >= 11 is 0. The second-order valence-electron chi connectivity index (χ2n) is 4.64. The number of nitrogens with zero attached hydrogens (tertiary/aromatic N) is 2. The number of ether oxygens (including phenoxy) is 1. The molecule has 0 radical (unpaired) electrons. The van der Waals surface area contributed by atoms with E-state index in [1.54, 1.807) is 24.1 Å². The standard InChI is InChI=1S/C13H18N4O4/c1-14-13(18)12-8-15-5-6-16(12)11-7-9(21-2)3-4-10(11)17(19)20/h3-4,7,12,15H,5-6,8H2,1-2H3,(H,14,18). The number of amides is 1. The highest BCUT2D eigenvalue weighted by Gasteiger charge is 2.32. The number of hydrogen-bond donors (Lipinski definition) is 2. The molecule has 1 fully saturated rings. The lowest BCUT2D eigenvalue weighted by Crippen LogP contribution is -2.57.